The Hall–Kier alpha value is -2.44. The molecule has 1 amide bonds. The number of esters is 1. The second-order valence-electron chi connectivity index (χ2n) is 5.27. The first-order chi connectivity index (χ1) is 11.4. The van der Waals surface area contributed by atoms with Crippen LogP contribution >= 0.6 is 0 Å². The molecule has 1 aromatic carbocycles. The van der Waals surface area contributed by atoms with Crippen molar-refractivity contribution in [3.8, 4) is 17.2 Å². The van der Waals surface area contributed by atoms with Gasteiger partial charge in [0.25, 0.3) is 5.91 Å². The molecule has 0 saturated heterocycles. The molecule has 1 N–H and O–H groups in total. The lowest BCUT2D eigenvalue weighted by Gasteiger charge is -2.22. The zero-order valence-electron chi connectivity index (χ0n) is 15.0. The molecule has 1 rings (SSSR count). The molecule has 0 aliphatic heterocycles. The largest absolute Gasteiger partial charge is 0.493 e. The highest BCUT2D eigenvalue weighted by Gasteiger charge is 2.28. The van der Waals surface area contributed by atoms with Gasteiger partial charge in [0, 0.05) is 5.56 Å². The predicted molar refractivity (Wildman–Crippen MR) is 88.8 cm³/mol. The molecule has 0 radical (unpaired) electrons. The van der Waals surface area contributed by atoms with Crippen molar-refractivity contribution in [1.29, 1.82) is 0 Å². The Morgan fingerprint density at radius 3 is 1.96 bits per heavy atom. The van der Waals surface area contributed by atoms with E-state index in [1.165, 1.54) is 40.6 Å². The van der Waals surface area contributed by atoms with Crippen LogP contribution in [0.2, 0.25) is 0 Å². The molecule has 0 saturated carbocycles. The summed E-state index contributed by atoms with van der Waals surface area (Å²) in [5, 5.41) is 2.71. The summed E-state index contributed by atoms with van der Waals surface area (Å²) < 4.78 is 20.5. The van der Waals surface area contributed by atoms with Crippen molar-refractivity contribution in [2.75, 3.05) is 28.4 Å². The van der Waals surface area contributed by atoms with E-state index < -0.39 is 17.9 Å². The number of methoxy groups -OCH3 is 4. The number of amides is 1. The van der Waals surface area contributed by atoms with E-state index in [1.807, 2.05) is 13.8 Å². The van der Waals surface area contributed by atoms with Gasteiger partial charge in [0.15, 0.2) is 11.5 Å². The molecule has 0 aromatic heterocycles. The highest BCUT2D eigenvalue weighted by molar-refractivity contribution is 5.98. The first-order valence-electron chi connectivity index (χ1n) is 7.62. The number of carbonyl (C=O) groups excluding carboxylic acids is 2. The molecule has 1 aromatic rings. The number of ether oxygens (including phenoxy) is 4. The molecule has 134 valence electrons. The van der Waals surface area contributed by atoms with Gasteiger partial charge in [-0.3, -0.25) is 4.79 Å². The maximum atomic E-state index is 12.6. The molecule has 7 nitrogen and oxygen atoms in total. The second kappa shape index (κ2) is 9.00. The number of hydrogen-bond donors (Lipinski definition) is 1. The summed E-state index contributed by atoms with van der Waals surface area (Å²) in [5.41, 5.74) is 0.293. The van der Waals surface area contributed by atoms with Crippen molar-refractivity contribution < 1.29 is 28.5 Å². The van der Waals surface area contributed by atoms with Gasteiger partial charge in [0.05, 0.1) is 28.4 Å². The van der Waals surface area contributed by atoms with E-state index in [2.05, 4.69) is 5.32 Å². The second-order valence-corrected chi connectivity index (χ2v) is 5.27. The number of carbonyl (C=O) groups is 2. The van der Waals surface area contributed by atoms with Crippen LogP contribution in [-0.2, 0) is 9.53 Å². The number of nitrogens with one attached hydrogen (secondary N) is 1. The monoisotopic (exact) mass is 339 g/mol. The van der Waals surface area contributed by atoms with Crippen molar-refractivity contribution >= 4 is 11.9 Å². The van der Waals surface area contributed by atoms with E-state index in [4.69, 9.17) is 18.9 Å². The molecule has 0 unspecified atom stereocenters. The topological polar surface area (TPSA) is 83.1 Å². The molecule has 0 bridgehead atoms. The average Bonchev–Trinajstić information content (AvgIpc) is 2.62. The fourth-order valence-electron chi connectivity index (χ4n) is 2.23. The van der Waals surface area contributed by atoms with Gasteiger partial charge in [-0.2, -0.15) is 0 Å². The summed E-state index contributed by atoms with van der Waals surface area (Å²) in [5.74, 6) is 0.141. The SMILES string of the molecule is CC[C@@H](C)[C@@H](NC(=O)c1cc(OC)c(OC)c(OC)c1)C(=O)OC. The lowest BCUT2D eigenvalue weighted by molar-refractivity contribution is -0.144. The molecule has 0 heterocycles. The summed E-state index contributed by atoms with van der Waals surface area (Å²) in [6, 6.07) is 2.33. The lowest BCUT2D eigenvalue weighted by Crippen LogP contribution is -2.45. The minimum Gasteiger partial charge on any atom is -0.493 e. The van der Waals surface area contributed by atoms with Crippen LogP contribution in [0.1, 0.15) is 30.6 Å². The molecule has 24 heavy (non-hydrogen) atoms. The first kappa shape index (κ1) is 19.6. The summed E-state index contributed by atoms with van der Waals surface area (Å²) in [6.45, 7) is 3.81. The van der Waals surface area contributed by atoms with E-state index in [-0.39, 0.29) is 5.92 Å². The Bertz CT molecular complexity index is 561. The van der Waals surface area contributed by atoms with Gasteiger partial charge in [0.1, 0.15) is 6.04 Å². The summed E-state index contributed by atoms with van der Waals surface area (Å²) >= 11 is 0. The number of hydrogen-bond acceptors (Lipinski definition) is 6. The molecular formula is C17H25NO6. The molecule has 0 aliphatic carbocycles. The third-order valence-corrected chi connectivity index (χ3v) is 3.88. The van der Waals surface area contributed by atoms with Gasteiger partial charge < -0.3 is 24.3 Å². The normalized spacial score (nSPS) is 12.8. The Balaban J connectivity index is 3.15. The summed E-state index contributed by atoms with van der Waals surface area (Å²) in [4.78, 5) is 24.5. The number of rotatable bonds is 8. The quantitative estimate of drug-likeness (QED) is 0.730. The molecule has 0 spiro atoms. The fourth-order valence-corrected chi connectivity index (χ4v) is 2.23. The van der Waals surface area contributed by atoms with Crippen LogP contribution in [-0.4, -0.2) is 46.4 Å². The van der Waals surface area contributed by atoms with Crippen LogP contribution in [0.15, 0.2) is 12.1 Å². The van der Waals surface area contributed by atoms with E-state index in [9.17, 15) is 9.59 Å². The highest BCUT2D eigenvalue weighted by atomic mass is 16.5. The summed E-state index contributed by atoms with van der Waals surface area (Å²) in [7, 11) is 5.71. The maximum absolute atomic E-state index is 12.6. The van der Waals surface area contributed by atoms with Gasteiger partial charge in [0.2, 0.25) is 5.75 Å². The van der Waals surface area contributed by atoms with E-state index in [1.54, 1.807) is 0 Å². The van der Waals surface area contributed by atoms with E-state index >= 15 is 0 Å². The number of benzene rings is 1. The van der Waals surface area contributed by atoms with Crippen molar-refractivity contribution in [1.82, 2.24) is 5.32 Å². The minimum absolute atomic E-state index is 0.0663. The molecule has 0 aliphatic rings. The Labute approximate surface area is 142 Å². The van der Waals surface area contributed by atoms with Crippen molar-refractivity contribution in [2.45, 2.75) is 26.3 Å². The zero-order valence-corrected chi connectivity index (χ0v) is 15.0. The minimum atomic E-state index is -0.730. The van der Waals surface area contributed by atoms with Gasteiger partial charge in [-0.15, -0.1) is 0 Å². The van der Waals surface area contributed by atoms with Crippen molar-refractivity contribution in [3.05, 3.63) is 17.7 Å². The van der Waals surface area contributed by atoms with Crippen LogP contribution in [0.4, 0.5) is 0 Å². The Kier molecular flexibility index (Phi) is 7.35. The van der Waals surface area contributed by atoms with E-state index in [0.717, 1.165) is 6.42 Å². The smallest absolute Gasteiger partial charge is 0.328 e. The third-order valence-electron chi connectivity index (χ3n) is 3.88. The van der Waals surface area contributed by atoms with Gasteiger partial charge >= 0.3 is 5.97 Å². The first-order valence-corrected chi connectivity index (χ1v) is 7.62. The standard InChI is InChI=1S/C17H25NO6/c1-7-10(2)14(17(20)24-6)18-16(19)11-8-12(21-3)15(23-5)13(9-11)22-4/h8-10,14H,7H2,1-6H3,(H,18,19)/t10-,14-/m1/s1. The summed E-state index contributed by atoms with van der Waals surface area (Å²) in [6.07, 6.45) is 0.718. The third kappa shape index (κ3) is 4.31. The van der Waals surface area contributed by atoms with Crippen LogP contribution in [0.25, 0.3) is 0 Å². The van der Waals surface area contributed by atoms with Crippen LogP contribution in [0, 0.1) is 5.92 Å². The molecule has 2 atom stereocenters. The van der Waals surface area contributed by atoms with Crippen molar-refractivity contribution in [2.24, 2.45) is 5.92 Å². The van der Waals surface area contributed by atoms with Gasteiger partial charge in [-0.1, -0.05) is 20.3 Å². The maximum Gasteiger partial charge on any atom is 0.328 e. The molecular weight excluding hydrogens is 314 g/mol. The predicted octanol–water partition coefficient (Wildman–Crippen LogP) is 2.03. The van der Waals surface area contributed by atoms with Gasteiger partial charge in [-0.05, 0) is 18.1 Å². The lowest BCUT2D eigenvalue weighted by atomic mass is 9.98. The molecule has 0 fully saturated rings. The van der Waals surface area contributed by atoms with Crippen molar-refractivity contribution in [3.63, 3.8) is 0 Å². The fraction of sp³-hybridized carbons (Fsp3) is 0.529. The van der Waals surface area contributed by atoms with Crippen LogP contribution in [0.3, 0.4) is 0 Å². The highest BCUT2D eigenvalue weighted by Crippen LogP contribution is 2.38. The Morgan fingerprint density at radius 1 is 1.04 bits per heavy atom. The van der Waals surface area contributed by atoms with Gasteiger partial charge in [-0.25, -0.2) is 4.79 Å². The average molecular weight is 339 g/mol. The molecule has 7 heteroatoms. The Morgan fingerprint density at radius 2 is 1.58 bits per heavy atom. The van der Waals surface area contributed by atoms with E-state index in [0.29, 0.717) is 22.8 Å². The van der Waals surface area contributed by atoms with Crippen LogP contribution < -0.4 is 19.5 Å². The zero-order chi connectivity index (χ0) is 18.3. The van der Waals surface area contributed by atoms with Crippen LogP contribution in [0.5, 0.6) is 17.2 Å².